The number of hydrogen-bond donors (Lipinski definition) is 6. The maximum absolute atomic E-state index is 13.1. The minimum Gasteiger partial charge on any atom is -0.508 e. The fraction of sp³-hybridized carbons (Fsp3) is 0.435. The van der Waals surface area contributed by atoms with Gasteiger partial charge in [0.2, 0.25) is 17.7 Å². The summed E-state index contributed by atoms with van der Waals surface area (Å²) in [6.45, 7) is 1.68. The summed E-state index contributed by atoms with van der Waals surface area (Å²) in [7, 11) is 0. The Morgan fingerprint density at radius 2 is 1.91 bits per heavy atom. The first-order valence-electron chi connectivity index (χ1n) is 11.3. The average molecular weight is 487 g/mol. The molecule has 1 aromatic carbocycles. The first-order chi connectivity index (χ1) is 16.7. The van der Waals surface area contributed by atoms with Crippen molar-refractivity contribution in [1.29, 1.82) is 0 Å². The number of rotatable bonds is 10. The summed E-state index contributed by atoms with van der Waals surface area (Å²) in [6, 6.07) is 2.46. The van der Waals surface area contributed by atoms with Crippen molar-refractivity contribution in [2.45, 2.75) is 56.8 Å². The number of carbonyl (C=O) groups excluding carboxylic acids is 3. The Hall–Kier alpha value is -3.93. The van der Waals surface area contributed by atoms with E-state index in [0.29, 0.717) is 25.1 Å². The molecule has 1 saturated heterocycles. The number of carboxylic acids is 1. The standard InChI is InChI=1S/C23H30N6O6/c1-13(23(34)35)27-20(31)18(10-15-11-25-12-26-15)28-21(32)19-3-2-8-29(19)22(33)17(24)9-14-4-6-16(30)7-5-14/h4-7,11-13,17-19,30H,2-3,8-10,24H2,1H3,(H,25,26)(H,27,31)(H,28,32)(H,34,35). The molecule has 2 aromatic rings. The van der Waals surface area contributed by atoms with Crippen LogP contribution in [0.25, 0.3) is 0 Å². The van der Waals surface area contributed by atoms with Crippen LogP contribution in [0.1, 0.15) is 31.0 Å². The molecule has 0 radical (unpaired) electrons. The number of nitrogens with one attached hydrogen (secondary N) is 3. The van der Waals surface area contributed by atoms with Gasteiger partial charge >= 0.3 is 5.97 Å². The largest absolute Gasteiger partial charge is 0.508 e. The molecule has 3 rings (SSSR count). The summed E-state index contributed by atoms with van der Waals surface area (Å²) in [5.74, 6) is -2.67. The van der Waals surface area contributed by atoms with Gasteiger partial charge in [-0.05, 0) is 43.9 Å². The highest BCUT2D eigenvalue weighted by Gasteiger charge is 2.38. The fourth-order valence-corrected chi connectivity index (χ4v) is 3.96. The number of benzene rings is 1. The number of aromatic amines is 1. The van der Waals surface area contributed by atoms with Crippen molar-refractivity contribution in [3.8, 4) is 5.75 Å². The van der Waals surface area contributed by atoms with Gasteiger partial charge in [-0.3, -0.25) is 19.2 Å². The van der Waals surface area contributed by atoms with E-state index in [4.69, 9.17) is 10.8 Å². The van der Waals surface area contributed by atoms with Crippen molar-refractivity contribution in [3.05, 3.63) is 48.0 Å². The number of carboxylic acid groups (broad SMARTS) is 1. The van der Waals surface area contributed by atoms with Gasteiger partial charge in [-0.15, -0.1) is 0 Å². The number of phenols is 1. The van der Waals surface area contributed by atoms with E-state index in [1.807, 2.05) is 0 Å². The van der Waals surface area contributed by atoms with Gasteiger partial charge in [-0.1, -0.05) is 12.1 Å². The molecule has 0 saturated carbocycles. The highest BCUT2D eigenvalue weighted by Crippen LogP contribution is 2.20. The lowest BCUT2D eigenvalue weighted by Crippen LogP contribution is -2.57. The Morgan fingerprint density at radius 3 is 2.54 bits per heavy atom. The smallest absolute Gasteiger partial charge is 0.325 e. The molecule has 0 bridgehead atoms. The molecule has 2 heterocycles. The molecule has 7 N–H and O–H groups in total. The molecule has 188 valence electrons. The van der Waals surface area contributed by atoms with Crippen molar-refractivity contribution >= 4 is 23.7 Å². The molecule has 12 heteroatoms. The topological polar surface area (TPSA) is 191 Å². The van der Waals surface area contributed by atoms with E-state index in [9.17, 15) is 24.3 Å². The van der Waals surface area contributed by atoms with Crippen LogP contribution in [0.4, 0.5) is 0 Å². The minimum absolute atomic E-state index is 0.0605. The summed E-state index contributed by atoms with van der Waals surface area (Å²) in [5.41, 5.74) is 7.48. The number of aromatic nitrogens is 2. The van der Waals surface area contributed by atoms with Crippen LogP contribution in [0.15, 0.2) is 36.8 Å². The van der Waals surface area contributed by atoms with Gasteiger partial charge in [0, 0.05) is 24.9 Å². The number of aromatic hydroxyl groups is 1. The molecule has 1 aromatic heterocycles. The van der Waals surface area contributed by atoms with Crippen molar-refractivity contribution in [2.75, 3.05) is 6.54 Å². The number of imidazole rings is 1. The lowest BCUT2D eigenvalue weighted by molar-refractivity contribution is -0.142. The SMILES string of the molecule is CC(NC(=O)C(Cc1cnc[nH]1)NC(=O)C1CCCN1C(=O)C(N)Cc1ccc(O)cc1)C(=O)O. The van der Waals surface area contributed by atoms with Gasteiger partial charge in [0.1, 0.15) is 23.9 Å². The maximum atomic E-state index is 13.1. The molecule has 1 aliphatic rings. The summed E-state index contributed by atoms with van der Waals surface area (Å²) in [6.07, 6.45) is 4.24. The van der Waals surface area contributed by atoms with E-state index in [1.165, 1.54) is 36.5 Å². The van der Waals surface area contributed by atoms with Crippen LogP contribution >= 0.6 is 0 Å². The molecule has 4 unspecified atom stereocenters. The quantitative estimate of drug-likeness (QED) is 0.254. The van der Waals surface area contributed by atoms with Crippen LogP contribution in [-0.2, 0) is 32.0 Å². The number of aliphatic carboxylic acids is 1. The van der Waals surface area contributed by atoms with Crippen LogP contribution < -0.4 is 16.4 Å². The molecule has 12 nitrogen and oxygen atoms in total. The Kier molecular flexibility index (Phi) is 8.42. The number of hydrogen-bond acceptors (Lipinski definition) is 7. The minimum atomic E-state index is -1.21. The highest BCUT2D eigenvalue weighted by atomic mass is 16.4. The molecular weight excluding hydrogens is 456 g/mol. The molecular formula is C23H30N6O6. The van der Waals surface area contributed by atoms with Crippen molar-refractivity contribution in [1.82, 2.24) is 25.5 Å². The Morgan fingerprint density at radius 1 is 1.20 bits per heavy atom. The Labute approximate surface area is 201 Å². The van der Waals surface area contributed by atoms with Crippen LogP contribution in [0, 0.1) is 0 Å². The second-order valence-electron chi connectivity index (χ2n) is 8.58. The molecule has 35 heavy (non-hydrogen) atoms. The molecule has 4 atom stereocenters. The van der Waals surface area contributed by atoms with Crippen LogP contribution in [0.3, 0.4) is 0 Å². The predicted octanol–water partition coefficient (Wildman–Crippen LogP) is -0.707. The Bertz CT molecular complexity index is 1040. The Balaban J connectivity index is 1.68. The van der Waals surface area contributed by atoms with E-state index >= 15 is 0 Å². The zero-order valence-corrected chi connectivity index (χ0v) is 19.3. The summed E-state index contributed by atoms with van der Waals surface area (Å²) in [4.78, 5) is 58.3. The van der Waals surface area contributed by atoms with E-state index in [0.717, 1.165) is 5.56 Å². The molecule has 3 amide bonds. The number of nitrogens with zero attached hydrogens (tertiary/aromatic N) is 2. The molecule has 0 spiro atoms. The third-order valence-corrected chi connectivity index (χ3v) is 5.89. The zero-order chi connectivity index (χ0) is 25.5. The first-order valence-corrected chi connectivity index (χ1v) is 11.3. The van der Waals surface area contributed by atoms with E-state index in [1.54, 1.807) is 12.1 Å². The lowest BCUT2D eigenvalue weighted by Gasteiger charge is -2.28. The van der Waals surface area contributed by atoms with Gasteiger partial charge in [0.15, 0.2) is 0 Å². The zero-order valence-electron chi connectivity index (χ0n) is 19.3. The van der Waals surface area contributed by atoms with Crippen molar-refractivity contribution < 1.29 is 29.4 Å². The second-order valence-corrected chi connectivity index (χ2v) is 8.58. The van der Waals surface area contributed by atoms with Crippen LogP contribution in [0.5, 0.6) is 5.75 Å². The number of phenolic OH excluding ortho intramolecular Hbond substituents is 1. The van der Waals surface area contributed by atoms with E-state index in [2.05, 4.69) is 20.6 Å². The highest BCUT2D eigenvalue weighted by molar-refractivity contribution is 5.94. The summed E-state index contributed by atoms with van der Waals surface area (Å²) < 4.78 is 0. The number of nitrogens with two attached hydrogens (primary N) is 1. The normalized spacial score (nSPS) is 17.9. The fourth-order valence-electron chi connectivity index (χ4n) is 3.96. The number of carbonyl (C=O) groups is 4. The number of H-pyrrole nitrogens is 1. The lowest BCUT2D eigenvalue weighted by atomic mass is 10.0. The first kappa shape index (κ1) is 25.7. The van der Waals surface area contributed by atoms with Gasteiger partial charge in [0.25, 0.3) is 0 Å². The predicted molar refractivity (Wildman–Crippen MR) is 124 cm³/mol. The van der Waals surface area contributed by atoms with Crippen molar-refractivity contribution in [2.24, 2.45) is 5.73 Å². The van der Waals surface area contributed by atoms with Crippen molar-refractivity contribution in [3.63, 3.8) is 0 Å². The van der Waals surface area contributed by atoms with Crippen LogP contribution in [0.2, 0.25) is 0 Å². The third kappa shape index (κ3) is 6.79. The van der Waals surface area contributed by atoms with Gasteiger partial charge in [-0.25, -0.2) is 4.98 Å². The molecule has 1 fully saturated rings. The van der Waals surface area contributed by atoms with Gasteiger partial charge in [-0.2, -0.15) is 0 Å². The second kappa shape index (κ2) is 11.5. The number of amides is 3. The van der Waals surface area contributed by atoms with Crippen LogP contribution in [-0.4, -0.2) is 79.5 Å². The van der Waals surface area contributed by atoms with E-state index in [-0.39, 0.29) is 24.5 Å². The average Bonchev–Trinajstić information content (AvgIpc) is 3.51. The van der Waals surface area contributed by atoms with Gasteiger partial charge in [0.05, 0.1) is 12.4 Å². The number of likely N-dealkylation sites (tertiary alicyclic amines) is 1. The summed E-state index contributed by atoms with van der Waals surface area (Å²) >= 11 is 0. The maximum Gasteiger partial charge on any atom is 0.325 e. The molecule has 0 aliphatic carbocycles. The van der Waals surface area contributed by atoms with E-state index < -0.39 is 42.0 Å². The third-order valence-electron chi connectivity index (χ3n) is 5.89. The monoisotopic (exact) mass is 486 g/mol. The summed E-state index contributed by atoms with van der Waals surface area (Å²) in [5, 5.41) is 23.6. The molecule has 1 aliphatic heterocycles. The van der Waals surface area contributed by atoms with Gasteiger partial charge < -0.3 is 36.5 Å².